The molecule has 25 heavy (non-hydrogen) atoms. The number of benzene rings is 4. The summed E-state index contributed by atoms with van der Waals surface area (Å²) in [4.78, 5) is 0. The SMILES string of the molecule is COc1c(C)cc(Cc2c3ccccc3cc3ccccc23)cc1C. The van der Waals surface area contributed by atoms with Crippen LogP contribution >= 0.6 is 0 Å². The second kappa shape index (κ2) is 6.25. The van der Waals surface area contributed by atoms with Crippen molar-refractivity contribution in [3.05, 3.63) is 89.0 Å². The molecule has 0 atom stereocenters. The Bertz CT molecular complexity index is 999. The fourth-order valence-electron chi connectivity index (χ4n) is 3.97. The number of hydrogen-bond acceptors (Lipinski definition) is 1. The minimum absolute atomic E-state index is 0.924. The maximum Gasteiger partial charge on any atom is 0.124 e. The highest BCUT2D eigenvalue weighted by Gasteiger charge is 2.11. The van der Waals surface area contributed by atoms with Gasteiger partial charge in [-0.2, -0.15) is 0 Å². The zero-order valence-corrected chi connectivity index (χ0v) is 15.0. The van der Waals surface area contributed by atoms with Gasteiger partial charge in [0, 0.05) is 0 Å². The first-order valence-electron chi connectivity index (χ1n) is 8.71. The Labute approximate surface area is 148 Å². The molecule has 0 saturated carbocycles. The molecular weight excluding hydrogens is 304 g/mol. The molecule has 0 bridgehead atoms. The lowest BCUT2D eigenvalue weighted by molar-refractivity contribution is 0.408. The largest absolute Gasteiger partial charge is 0.496 e. The Morgan fingerprint density at radius 2 is 1.24 bits per heavy atom. The normalized spacial score (nSPS) is 11.2. The van der Waals surface area contributed by atoms with Crippen LogP contribution in [0.1, 0.15) is 22.3 Å². The van der Waals surface area contributed by atoms with Crippen LogP contribution < -0.4 is 4.74 Å². The smallest absolute Gasteiger partial charge is 0.124 e. The van der Waals surface area contributed by atoms with E-state index >= 15 is 0 Å². The molecule has 124 valence electrons. The van der Waals surface area contributed by atoms with E-state index in [1.807, 2.05) is 0 Å². The standard InChI is InChI=1S/C24H22O/c1-16-12-18(13-17(2)24(16)25-3)14-23-21-10-6-4-8-19(21)15-20-9-5-7-11-22(20)23/h4-13,15H,14H2,1-3H3. The molecule has 0 fully saturated rings. The fourth-order valence-corrected chi connectivity index (χ4v) is 3.97. The molecule has 0 aliphatic rings. The molecule has 4 aromatic rings. The third-order valence-corrected chi connectivity index (χ3v) is 4.99. The summed E-state index contributed by atoms with van der Waals surface area (Å²) in [5.74, 6) is 0.992. The number of fused-ring (bicyclic) bond motifs is 2. The van der Waals surface area contributed by atoms with Gasteiger partial charge in [0.1, 0.15) is 5.75 Å². The minimum Gasteiger partial charge on any atom is -0.496 e. The monoisotopic (exact) mass is 326 g/mol. The Hall–Kier alpha value is -2.80. The van der Waals surface area contributed by atoms with E-state index < -0.39 is 0 Å². The summed E-state index contributed by atoms with van der Waals surface area (Å²) in [6.07, 6.45) is 0.924. The van der Waals surface area contributed by atoms with E-state index in [0.717, 1.165) is 12.2 Å². The maximum atomic E-state index is 5.52. The van der Waals surface area contributed by atoms with Crippen LogP contribution in [0, 0.1) is 13.8 Å². The maximum absolute atomic E-state index is 5.52. The highest BCUT2D eigenvalue weighted by Crippen LogP contribution is 2.32. The van der Waals surface area contributed by atoms with Gasteiger partial charge in [-0.15, -0.1) is 0 Å². The lowest BCUT2D eigenvalue weighted by Gasteiger charge is -2.14. The van der Waals surface area contributed by atoms with E-state index in [0.29, 0.717) is 0 Å². The van der Waals surface area contributed by atoms with Crippen molar-refractivity contribution < 1.29 is 4.74 Å². The van der Waals surface area contributed by atoms with Gasteiger partial charge in [0.15, 0.2) is 0 Å². The molecule has 1 nitrogen and oxygen atoms in total. The Morgan fingerprint density at radius 1 is 0.720 bits per heavy atom. The average Bonchev–Trinajstić information content (AvgIpc) is 2.61. The number of ether oxygens (including phenoxy) is 1. The van der Waals surface area contributed by atoms with Crippen LogP contribution in [0.4, 0.5) is 0 Å². The van der Waals surface area contributed by atoms with Crippen LogP contribution in [0.5, 0.6) is 5.75 Å². The van der Waals surface area contributed by atoms with E-state index in [1.165, 1.54) is 43.8 Å². The van der Waals surface area contributed by atoms with Gasteiger partial charge in [-0.1, -0.05) is 60.7 Å². The fraction of sp³-hybridized carbons (Fsp3) is 0.167. The zero-order valence-electron chi connectivity index (χ0n) is 15.0. The van der Waals surface area contributed by atoms with Crippen LogP contribution in [0.25, 0.3) is 21.5 Å². The first-order valence-corrected chi connectivity index (χ1v) is 8.71. The molecule has 0 aliphatic heterocycles. The average molecular weight is 326 g/mol. The van der Waals surface area contributed by atoms with Crippen LogP contribution in [0.15, 0.2) is 66.7 Å². The van der Waals surface area contributed by atoms with E-state index in [2.05, 4.69) is 80.6 Å². The molecule has 0 spiro atoms. The molecule has 0 saturated heterocycles. The van der Waals surface area contributed by atoms with Crippen LogP contribution in [-0.4, -0.2) is 7.11 Å². The topological polar surface area (TPSA) is 9.23 Å². The predicted octanol–water partition coefficient (Wildman–Crippen LogP) is 6.21. The van der Waals surface area contributed by atoms with Gasteiger partial charge >= 0.3 is 0 Å². The molecule has 0 aromatic heterocycles. The quantitative estimate of drug-likeness (QED) is 0.407. The molecule has 0 amide bonds. The lowest BCUT2D eigenvalue weighted by atomic mass is 9.91. The van der Waals surface area contributed by atoms with Crippen molar-refractivity contribution in [3.63, 3.8) is 0 Å². The zero-order chi connectivity index (χ0) is 17.4. The summed E-state index contributed by atoms with van der Waals surface area (Å²) >= 11 is 0. The minimum atomic E-state index is 0.924. The molecule has 4 rings (SSSR count). The Morgan fingerprint density at radius 3 is 1.76 bits per heavy atom. The van der Waals surface area contributed by atoms with E-state index in [9.17, 15) is 0 Å². The summed E-state index contributed by atoms with van der Waals surface area (Å²) in [5.41, 5.74) is 5.12. The summed E-state index contributed by atoms with van der Waals surface area (Å²) in [6, 6.07) is 24.2. The number of aryl methyl sites for hydroxylation is 2. The van der Waals surface area contributed by atoms with Crippen molar-refractivity contribution in [1.29, 1.82) is 0 Å². The number of rotatable bonds is 3. The third-order valence-electron chi connectivity index (χ3n) is 4.99. The van der Waals surface area contributed by atoms with Gasteiger partial charge in [0.25, 0.3) is 0 Å². The van der Waals surface area contributed by atoms with Gasteiger partial charge in [-0.3, -0.25) is 0 Å². The van der Waals surface area contributed by atoms with Crippen molar-refractivity contribution in [2.45, 2.75) is 20.3 Å². The highest BCUT2D eigenvalue weighted by molar-refractivity contribution is 6.02. The molecule has 0 N–H and O–H groups in total. The molecule has 0 unspecified atom stereocenters. The van der Waals surface area contributed by atoms with Crippen LogP contribution in [0.3, 0.4) is 0 Å². The van der Waals surface area contributed by atoms with Gasteiger partial charge in [-0.25, -0.2) is 0 Å². The van der Waals surface area contributed by atoms with Crippen molar-refractivity contribution in [1.82, 2.24) is 0 Å². The molecular formula is C24H22O. The van der Waals surface area contributed by atoms with Crippen LogP contribution in [-0.2, 0) is 6.42 Å². The number of hydrogen-bond donors (Lipinski definition) is 0. The second-order valence-corrected chi connectivity index (χ2v) is 6.74. The Kier molecular flexibility index (Phi) is 3.93. The summed E-state index contributed by atoms with van der Waals surface area (Å²) in [6.45, 7) is 4.24. The summed E-state index contributed by atoms with van der Waals surface area (Å²) in [5, 5.41) is 5.29. The van der Waals surface area contributed by atoms with Crippen molar-refractivity contribution in [2.24, 2.45) is 0 Å². The summed E-state index contributed by atoms with van der Waals surface area (Å²) < 4.78 is 5.52. The summed E-state index contributed by atoms with van der Waals surface area (Å²) in [7, 11) is 1.74. The lowest BCUT2D eigenvalue weighted by Crippen LogP contribution is -1.97. The molecule has 0 radical (unpaired) electrons. The van der Waals surface area contributed by atoms with Crippen molar-refractivity contribution in [3.8, 4) is 5.75 Å². The predicted molar refractivity (Wildman–Crippen MR) is 107 cm³/mol. The molecule has 0 aliphatic carbocycles. The van der Waals surface area contributed by atoms with Crippen LogP contribution in [0.2, 0.25) is 0 Å². The molecule has 1 heteroatoms. The highest BCUT2D eigenvalue weighted by atomic mass is 16.5. The van der Waals surface area contributed by atoms with Gasteiger partial charge in [0.2, 0.25) is 0 Å². The molecule has 0 heterocycles. The third kappa shape index (κ3) is 2.76. The van der Waals surface area contributed by atoms with Gasteiger partial charge in [0.05, 0.1) is 7.11 Å². The molecule has 4 aromatic carbocycles. The van der Waals surface area contributed by atoms with Crippen molar-refractivity contribution in [2.75, 3.05) is 7.11 Å². The van der Waals surface area contributed by atoms with Gasteiger partial charge < -0.3 is 4.74 Å². The first kappa shape index (κ1) is 15.7. The van der Waals surface area contributed by atoms with E-state index in [-0.39, 0.29) is 0 Å². The van der Waals surface area contributed by atoms with Crippen molar-refractivity contribution >= 4 is 21.5 Å². The second-order valence-electron chi connectivity index (χ2n) is 6.74. The number of methoxy groups -OCH3 is 1. The van der Waals surface area contributed by atoms with E-state index in [1.54, 1.807) is 7.11 Å². The Balaban J connectivity index is 1.93. The first-order chi connectivity index (χ1) is 12.2. The van der Waals surface area contributed by atoms with E-state index in [4.69, 9.17) is 4.74 Å². The van der Waals surface area contributed by atoms with Gasteiger partial charge in [-0.05, 0) is 70.1 Å².